The van der Waals surface area contributed by atoms with Crippen LogP contribution >= 0.6 is 0 Å². The zero-order chi connectivity index (χ0) is 18.3. The first kappa shape index (κ1) is 16.5. The Morgan fingerprint density at radius 2 is 1.85 bits per heavy atom. The molecule has 0 unspecified atom stereocenters. The van der Waals surface area contributed by atoms with Crippen LogP contribution in [0.5, 0.6) is 11.5 Å². The molecule has 0 atom stereocenters. The number of hydrogen-bond donors (Lipinski definition) is 2. The summed E-state index contributed by atoms with van der Waals surface area (Å²) in [6, 6.07) is 8.14. The third-order valence-corrected chi connectivity index (χ3v) is 5.40. The Morgan fingerprint density at radius 1 is 1.08 bits per heavy atom. The number of aromatic amines is 1. The molecule has 2 N–H and O–H groups in total. The van der Waals surface area contributed by atoms with E-state index in [1.807, 2.05) is 6.92 Å². The number of rotatable bonds is 4. The van der Waals surface area contributed by atoms with Gasteiger partial charge in [0.25, 0.3) is 10.0 Å². The molecule has 1 aromatic carbocycles. The molecule has 0 fully saturated rings. The summed E-state index contributed by atoms with van der Waals surface area (Å²) in [5.74, 6) is 1.77. The lowest BCUT2D eigenvalue weighted by atomic mass is 10.3. The van der Waals surface area contributed by atoms with Gasteiger partial charge in [0.1, 0.15) is 29.6 Å². The maximum absolute atomic E-state index is 12.8. The first-order valence-corrected chi connectivity index (χ1v) is 9.46. The van der Waals surface area contributed by atoms with E-state index >= 15 is 0 Å². The van der Waals surface area contributed by atoms with Crippen LogP contribution in [-0.2, 0) is 10.0 Å². The van der Waals surface area contributed by atoms with Crippen molar-refractivity contribution in [2.75, 3.05) is 17.9 Å². The Labute approximate surface area is 150 Å². The van der Waals surface area contributed by atoms with Gasteiger partial charge in [-0.3, -0.25) is 9.82 Å². The van der Waals surface area contributed by atoms with Gasteiger partial charge >= 0.3 is 0 Å². The van der Waals surface area contributed by atoms with E-state index in [0.717, 1.165) is 5.69 Å². The van der Waals surface area contributed by atoms with Crippen LogP contribution in [0.15, 0.2) is 39.6 Å². The maximum atomic E-state index is 12.8. The summed E-state index contributed by atoms with van der Waals surface area (Å²) in [6.07, 6.45) is 0. The fourth-order valence-electron chi connectivity index (χ4n) is 2.72. The molecule has 1 aliphatic rings. The number of aryl methyl sites for hydroxylation is 2. The van der Waals surface area contributed by atoms with Crippen molar-refractivity contribution in [3.8, 4) is 23.0 Å². The lowest BCUT2D eigenvalue weighted by molar-refractivity contribution is 0.171. The van der Waals surface area contributed by atoms with Gasteiger partial charge in [0.15, 0.2) is 17.3 Å². The van der Waals surface area contributed by atoms with Crippen molar-refractivity contribution in [1.29, 1.82) is 0 Å². The molecule has 0 radical (unpaired) electrons. The van der Waals surface area contributed by atoms with E-state index in [0.29, 0.717) is 41.9 Å². The summed E-state index contributed by atoms with van der Waals surface area (Å²) in [4.78, 5) is 0.0584. The van der Waals surface area contributed by atoms with Crippen LogP contribution in [0.3, 0.4) is 0 Å². The van der Waals surface area contributed by atoms with Crippen molar-refractivity contribution < 1.29 is 22.3 Å². The average Bonchev–Trinajstić information content (AvgIpc) is 3.20. The van der Waals surface area contributed by atoms with Gasteiger partial charge in [0, 0.05) is 17.8 Å². The van der Waals surface area contributed by atoms with Gasteiger partial charge in [0.2, 0.25) is 0 Å². The van der Waals surface area contributed by atoms with Crippen molar-refractivity contribution in [2.45, 2.75) is 18.7 Å². The van der Waals surface area contributed by atoms with Gasteiger partial charge in [-0.15, -0.1) is 0 Å². The van der Waals surface area contributed by atoms with Gasteiger partial charge in [-0.1, -0.05) is 0 Å². The average molecular weight is 375 g/mol. The molecule has 1 aliphatic heterocycles. The number of H-pyrrole nitrogens is 1. The van der Waals surface area contributed by atoms with Crippen LogP contribution < -0.4 is 14.2 Å². The number of nitrogens with one attached hydrogen (secondary N) is 2. The molecule has 0 aliphatic carbocycles. The molecule has 26 heavy (non-hydrogen) atoms. The molecular weight excluding hydrogens is 358 g/mol. The normalized spacial score (nSPS) is 13.6. The minimum Gasteiger partial charge on any atom is -0.486 e. The number of furan rings is 1. The lowest BCUT2D eigenvalue weighted by Crippen LogP contribution is -2.16. The Kier molecular flexibility index (Phi) is 3.87. The van der Waals surface area contributed by atoms with Crippen LogP contribution in [0.1, 0.15) is 11.5 Å². The van der Waals surface area contributed by atoms with Crippen molar-refractivity contribution in [3.63, 3.8) is 0 Å². The van der Waals surface area contributed by atoms with E-state index in [1.165, 1.54) is 6.07 Å². The van der Waals surface area contributed by atoms with Crippen LogP contribution in [0.4, 0.5) is 5.69 Å². The maximum Gasteiger partial charge on any atom is 0.265 e. The Bertz CT molecular complexity index is 1070. The Hall–Kier alpha value is -2.94. The number of aromatic nitrogens is 2. The largest absolute Gasteiger partial charge is 0.486 e. The fourth-order valence-corrected chi connectivity index (χ4v) is 3.95. The summed E-state index contributed by atoms with van der Waals surface area (Å²) in [7, 11) is -3.83. The quantitative estimate of drug-likeness (QED) is 0.726. The van der Waals surface area contributed by atoms with E-state index in [2.05, 4.69) is 14.9 Å². The highest BCUT2D eigenvalue weighted by molar-refractivity contribution is 7.92. The minimum absolute atomic E-state index is 0.0584. The first-order chi connectivity index (χ1) is 12.4. The highest BCUT2D eigenvalue weighted by Gasteiger charge is 2.24. The molecule has 0 saturated heterocycles. The number of anilines is 1. The van der Waals surface area contributed by atoms with Crippen molar-refractivity contribution >= 4 is 15.7 Å². The van der Waals surface area contributed by atoms with E-state index < -0.39 is 10.0 Å². The molecule has 9 heteroatoms. The molecule has 3 heterocycles. The topological polar surface area (TPSA) is 106 Å². The number of ether oxygens (including phenoxy) is 2. The second-order valence-corrected chi connectivity index (χ2v) is 7.58. The van der Waals surface area contributed by atoms with E-state index in [9.17, 15) is 8.42 Å². The molecule has 3 aromatic rings. The van der Waals surface area contributed by atoms with Gasteiger partial charge in [-0.2, -0.15) is 5.10 Å². The summed E-state index contributed by atoms with van der Waals surface area (Å²) in [6.45, 7) is 4.35. The van der Waals surface area contributed by atoms with Crippen molar-refractivity contribution in [2.24, 2.45) is 0 Å². The number of nitrogens with zero attached hydrogens (tertiary/aromatic N) is 1. The molecule has 0 bridgehead atoms. The number of fused-ring (bicyclic) bond motifs is 1. The van der Waals surface area contributed by atoms with E-state index in [4.69, 9.17) is 13.9 Å². The Balaban J connectivity index is 1.64. The minimum atomic E-state index is -3.83. The van der Waals surface area contributed by atoms with Crippen molar-refractivity contribution in [1.82, 2.24) is 10.2 Å². The lowest BCUT2D eigenvalue weighted by Gasteiger charge is -2.19. The van der Waals surface area contributed by atoms with Gasteiger partial charge in [0.05, 0.1) is 5.69 Å². The molecule has 136 valence electrons. The summed E-state index contributed by atoms with van der Waals surface area (Å²) in [5.41, 5.74) is 1.78. The highest BCUT2D eigenvalue weighted by atomic mass is 32.2. The molecule has 2 aromatic heterocycles. The first-order valence-electron chi connectivity index (χ1n) is 7.98. The summed E-state index contributed by atoms with van der Waals surface area (Å²) >= 11 is 0. The van der Waals surface area contributed by atoms with Crippen LogP contribution in [-0.4, -0.2) is 31.8 Å². The highest BCUT2D eigenvalue weighted by Crippen LogP contribution is 2.34. The number of sulfonamides is 1. The zero-order valence-electron chi connectivity index (χ0n) is 14.2. The van der Waals surface area contributed by atoms with E-state index in [1.54, 1.807) is 31.2 Å². The van der Waals surface area contributed by atoms with Crippen LogP contribution in [0, 0.1) is 13.8 Å². The summed E-state index contributed by atoms with van der Waals surface area (Å²) in [5, 5.41) is 6.89. The molecule has 0 spiro atoms. The van der Waals surface area contributed by atoms with E-state index in [-0.39, 0.29) is 10.7 Å². The Morgan fingerprint density at radius 3 is 2.58 bits per heavy atom. The third kappa shape index (κ3) is 3.01. The standard InChI is InChI=1S/C17H17N3O5S/c1-10-7-13(19-18-10)15-9-17(11(2)25-15)26(21,22)20-12-3-4-14-16(8-12)24-6-5-23-14/h3-4,7-9,20H,5-6H2,1-2H3,(H,18,19). The SMILES string of the molecule is Cc1cc(-c2cc(S(=O)(=O)Nc3ccc4c(c3)OCCO4)c(C)o2)n[nH]1. The number of hydrogen-bond acceptors (Lipinski definition) is 6. The monoisotopic (exact) mass is 375 g/mol. The molecule has 0 amide bonds. The van der Waals surface area contributed by atoms with Crippen LogP contribution in [0.2, 0.25) is 0 Å². The zero-order valence-corrected chi connectivity index (χ0v) is 15.0. The fraction of sp³-hybridized carbons (Fsp3) is 0.235. The molecule has 0 saturated carbocycles. The predicted octanol–water partition coefficient (Wildman–Crippen LogP) is 2.86. The smallest absolute Gasteiger partial charge is 0.265 e. The van der Waals surface area contributed by atoms with Gasteiger partial charge < -0.3 is 13.9 Å². The number of benzene rings is 1. The van der Waals surface area contributed by atoms with Crippen molar-refractivity contribution in [3.05, 3.63) is 41.8 Å². The van der Waals surface area contributed by atoms with Gasteiger partial charge in [-0.05, 0) is 32.0 Å². The molecule has 8 nitrogen and oxygen atoms in total. The molecule has 4 rings (SSSR count). The second kappa shape index (κ2) is 6.10. The third-order valence-electron chi connectivity index (χ3n) is 3.91. The summed E-state index contributed by atoms with van der Waals surface area (Å²) < 4.78 is 44.6. The van der Waals surface area contributed by atoms with Gasteiger partial charge in [-0.25, -0.2) is 8.42 Å². The van der Waals surface area contributed by atoms with Crippen LogP contribution in [0.25, 0.3) is 11.5 Å². The predicted molar refractivity (Wildman–Crippen MR) is 94.0 cm³/mol. The second-order valence-electron chi connectivity index (χ2n) is 5.93. The molecular formula is C17H17N3O5S.